The number of hydrogen-bond acceptors (Lipinski definition) is 3. The van der Waals surface area contributed by atoms with Gasteiger partial charge in [-0.1, -0.05) is 44.0 Å². The van der Waals surface area contributed by atoms with Crippen molar-refractivity contribution in [3.05, 3.63) is 54.6 Å². The number of anilines is 2. The van der Waals surface area contributed by atoms with Gasteiger partial charge in [0.15, 0.2) is 6.61 Å². The molecule has 0 aromatic heterocycles. The standard InChI is InChI=1S/C20H24N2O3/c1-2-3-5-13-19(23)21-16-9-8-10-17(14-16)22-20(24)15-25-18-11-6-4-7-12-18/h4,6-12,14H,2-3,5,13,15H2,1H3,(H,21,23)(H,22,24). The molecular weight excluding hydrogens is 316 g/mol. The third kappa shape index (κ3) is 7.08. The monoisotopic (exact) mass is 340 g/mol. The van der Waals surface area contributed by atoms with E-state index in [2.05, 4.69) is 17.6 Å². The summed E-state index contributed by atoms with van der Waals surface area (Å²) in [6.45, 7) is 2.03. The van der Waals surface area contributed by atoms with Gasteiger partial charge >= 0.3 is 0 Å². The van der Waals surface area contributed by atoms with Gasteiger partial charge in [-0.2, -0.15) is 0 Å². The van der Waals surface area contributed by atoms with Crippen LogP contribution in [0.2, 0.25) is 0 Å². The van der Waals surface area contributed by atoms with Crippen LogP contribution >= 0.6 is 0 Å². The molecule has 0 saturated carbocycles. The van der Waals surface area contributed by atoms with Gasteiger partial charge in [-0.3, -0.25) is 9.59 Å². The number of para-hydroxylation sites is 1. The lowest BCUT2D eigenvalue weighted by molar-refractivity contribution is -0.118. The second-order valence-electron chi connectivity index (χ2n) is 5.74. The Balaban J connectivity index is 1.81. The van der Waals surface area contributed by atoms with Crippen molar-refractivity contribution in [1.29, 1.82) is 0 Å². The van der Waals surface area contributed by atoms with Crippen LogP contribution in [0.3, 0.4) is 0 Å². The number of carbonyl (C=O) groups is 2. The van der Waals surface area contributed by atoms with Crippen LogP contribution in [0.5, 0.6) is 5.75 Å². The third-order valence-corrected chi connectivity index (χ3v) is 3.55. The van der Waals surface area contributed by atoms with Crippen LogP contribution in [0.25, 0.3) is 0 Å². The second-order valence-corrected chi connectivity index (χ2v) is 5.74. The van der Waals surface area contributed by atoms with E-state index in [-0.39, 0.29) is 18.4 Å². The highest BCUT2D eigenvalue weighted by molar-refractivity contribution is 5.94. The lowest BCUT2D eigenvalue weighted by Crippen LogP contribution is -2.20. The number of nitrogens with one attached hydrogen (secondary N) is 2. The fourth-order valence-corrected chi connectivity index (χ4v) is 2.30. The number of carbonyl (C=O) groups excluding carboxylic acids is 2. The number of amides is 2. The summed E-state index contributed by atoms with van der Waals surface area (Å²) in [4.78, 5) is 23.8. The van der Waals surface area contributed by atoms with Crippen molar-refractivity contribution in [3.8, 4) is 5.75 Å². The molecule has 2 aromatic rings. The molecule has 0 unspecified atom stereocenters. The summed E-state index contributed by atoms with van der Waals surface area (Å²) in [5.74, 6) is 0.380. The first-order valence-electron chi connectivity index (χ1n) is 8.55. The highest BCUT2D eigenvalue weighted by Crippen LogP contribution is 2.16. The fourth-order valence-electron chi connectivity index (χ4n) is 2.30. The van der Waals surface area contributed by atoms with Gasteiger partial charge in [-0.05, 0) is 36.8 Å². The van der Waals surface area contributed by atoms with Crippen molar-refractivity contribution in [1.82, 2.24) is 0 Å². The molecule has 0 aliphatic carbocycles. The number of rotatable bonds is 9. The number of ether oxygens (including phenoxy) is 1. The van der Waals surface area contributed by atoms with Crippen molar-refractivity contribution in [3.63, 3.8) is 0 Å². The van der Waals surface area contributed by atoms with Crippen molar-refractivity contribution >= 4 is 23.2 Å². The molecule has 0 aliphatic heterocycles. The van der Waals surface area contributed by atoms with Gasteiger partial charge in [-0.25, -0.2) is 0 Å². The van der Waals surface area contributed by atoms with E-state index in [1.165, 1.54) is 0 Å². The van der Waals surface area contributed by atoms with E-state index >= 15 is 0 Å². The lowest BCUT2D eigenvalue weighted by Gasteiger charge is -2.10. The molecule has 0 aliphatic rings. The molecule has 5 nitrogen and oxygen atoms in total. The normalized spacial score (nSPS) is 10.1. The highest BCUT2D eigenvalue weighted by Gasteiger charge is 2.06. The molecule has 0 saturated heterocycles. The summed E-state index contributed by atoms with van der Waals surface area (Å²) < 4.78 is 5.41. The predicted octanol–water partition coefficient (Wildman–Crippen LogP) is 4.22. The highest BCUT2D eigenvalue weighted by atomic mass is 16.5. The molecule has 2 rings (SSSR count). The average Bonchev–Trinajstić information content (AvgIpc) is 2.61. The van der Waals surface area contributed by atoms with Gasteiger partial charge in [0.2, 0.25) is 5.91 Å². The number of benzene rings is 2. The van der Waals surface area contributed by atoms with E-state index < -0.39 is 0 Å². The van der Waals surface area contributed by atoms with Gasteiger partial charge in [0.25, 0.3) is 5.91 Å². The molecular formula is C20H24N2O3. The first-order chi connectivity index (χ1) is 12.2. The summed E-state index contributed by atoms with van der Waals surface area (Å²) in [7, 11) is 0. The minimum absolute atomic E-state index is 0.00987. The topological polar surface area (TPSA) is 67.4 Å². The summed E-state index contributed by atoms with van der Waals surface area (Å²) in [6, 6.07) is 16.3. The zero-order valence-electron chi connectivity index (χ0n) is 14.5. The zero-order chi connectivity index (χ0) is 17.9. The van der Waals surface area contributed by atoms with E-state index in [0.717, 1.165) is 19.3 Å². The molecule has 132 valence electrons. The van der Waals surface area contributed by atoms with Crippen LogP contribution in [0.15, 0.2) is 54.6 Å². The Bertz CT molecular complexity index is 686. The predicted molar refractivity (Wildman–Crippen MR) is 99.8 cm³/mol. The van der Waals surface area contributed by atoms with E-state index in [4.69, 9.17) is 4.74 Å². The van der Waals surface area contributed by atoms with Crippen LogP contribution < -0.4 is 15.4 Å². The van der Waals surface area contributed by atoms with Gasteiger partial charge < -0.3 is 15.4 Å². The maximum absolute atomic E-state index is 12.0. The average molecular weight is 340 g/mol. The van der Waals surface area contributed by atoms with E-state index in [0.29, 0.717) is 23.5 Å². The van der Waals surface area contributed by atoms with Gasteiger partial charge in [0.05, 0.1) is 0 Å². The first kappa shape index (κ1) is 18.5. The lowest BCUT2D eigenvalue weighted by atomic mass is 10.2. The number of hydrogen-bond donors (Lipinski definition) is 2. The van der Waals surface area contributed by atoms with E-state index in [1.54, 1.807) is 36.4 Å². The van der Waals surface area contributed by atoms with E-state index in [9.17, 15) is 9.59 Å². The molecule has 25 heavy (non-hydrogen) atoms. The second kappa shape index (κ2) is 10.1. The summed E-state index contributed by atoms with van der Waals surface area (Å²) in [6.07, 6.45) is 3.52. The molecule has 2 aromatic carbocycles. The minimum atomic E-state index is -0.254. The summed E-state index contributed by atoms with van der Waals surface area (Å²) in [5, 5.41) is 5.61. The SMILES string of the molecule is CCCCCC(=O)Nc1cccc(NC(=O)COc2ccccc2)c1. The Morgan fingerprint density at radius 1 is 0.880 bits per heavy atom. The van der Waals surface area contributed by atoms with Crippen molar-refractivity contribution < 1.29 is 14.3 Å². The van der Waals surface area contributed by atoms with Crippen molar-refractivity contribution in [2.45, 2.75) is 32.6 Å². The molecule has 2 N–H and O–H groups in total. The zero-order valence-corrected chi connectivity index (χ0v) is 14.5. The maximum atomic E-state index is 12.0. The van der Waals surface area contributed by atoms with Crippen molar-refractivity contribution in [2.24, 2.45) is 0 Å². The van der Waals surface area contributed by atoms with Crippen LogP contribution in [0, 0.1) is 0 Å². The van der Waals surface area contributed by atoms with Gasteiger partial charge in [0, 0.05) is 17.8 Å². The van der Waals surface area contributed by atoms with E-state index in [1.807, 2.05) is 18.2 Å². The smallest absolute Gasteiger partial charge is 0.262 e. The molecule has 0 spiro atoms. The van der Waals surface area contributed by atoms with Crippen LogP contribution in [-0.4, -0.2) is 18.4 Å². The molecule has 0 bridgehead atoms. The molecule has 0 fully saturated rings. The molecule has 0 radical (unpaired) electrons. The Morgan fingerprint density at radius 2 is 1.56 bits per heavy atom. The molecule has 0 heterocycles. The largest absolute Gasteiger partial charge is 0.484 e. The summed E-state index contributed by atoms with van der Waals surface area (Å²) in [5.41, 5.74) is 1.29. The Hall–Kier alpha value is -2.82. The third-order valence-electron chi connectivity index (χ3n) is 3.55. The Kier molecular flexibility index (Phi) is 7.50. The first-order valence-corrected chi connectivity index (χ1v) is 8.55. The Labute approximate surface area is 148 Å². The van der Waals surface area contributed by atoms with Gasteiger partial charge in [-0.15, -0.1) is 0 Å². The number of unbranched alkanes of at least 4 members (excludes halogenated alkanes) is 2. The van der Waals surface area contributed by atoms with Crippen LogP contribution in [0.1, 0.15) is 32.6 Å². The Morgan fingerprint density at radius 3 is 2.24 bits per heavy atom. The molecule has 5 heteroatoms. The molecule has 0 atom stereocenters. The maximum Gasteiger partial charge on any atom is 0.262 e. The fraction of sp³-hybridized carbons (Fsp3) is 0.300. The van der Waals surface area contributed by atoms with Crippen LogP contribution in [0.4, 0.5) is 11.4 Å². The van der Waals surface area contributed by atoms with Crippen LogP contribution in [-0.2, 0) is 9.59 Å². The van der Waals surface area contributed by atoms with Gasteiger partial charge in [0.1, 0.15) is 5.75 Å². The quantitative estimate of drug-likeness (QED) is 0.672. The molecule has 2 amide bonds. The minimum Gasteiger partial charge on any atom is -0.484 e. The van der Waals surface area contributed by atoms with Crippen molar-refractivity contribution in [2.75, 3.05) is 17.2 Å². The summed E-state index contributed by atoms with van der Waals surface area (Å²) >= 11 is 0.